The molecule has 30 heavy (non-hydrogen) atoms. The highest BCUT2D eigenvalue weighted by Crippen LogP contribution is 2.31. The fourth-order valence-electron chi connectivity index (χ4n) is 3.24. The Kier molecular flexibility index (Phi) is 6.31. The zero-order valence-electron chi connectivity index (χ0n) is 16.5. The van der Waals surface area contributed by atoms with Crippen molar-refractivity contribution in [3.8, 4) is 0 Å². The van der Waals surface area contributed by atoms with Crippen LogP contribution in [0.1, 0.15) is 10.4 Å². The molecule has 1 saturated heterocycles. The van der Waals surface area contributed by atoms with Crippen LogP contribution in [-0.4, -0.2) is 60.7 Å². The second-order valence-electron chi connectivity index (χ2n) is 7.22. The molecule has 156 valence electrons. The summed E-state index contributed by atoms with van der Waals surface area (Å²) in [7, 11) is 2.14. The summed E-state index contributed by atoms with van der Waals surface area (Å²) < 4.78 is 15.5. The zero-order valence-corrected chi connectivity index (χ0v) is 18.1. The number of carbonyl (C=O) groups excluding carboxylic acids is 2. The lowest BCUT2D eigenvalue weighted by molar-refractivity contribution is -0.883. The number of thioether (sulfide) groups is 1. The number of nitrogens with one attached hydrogen (secondary N) is 2. The van der Waals surface area contributed by atoms with Crippen LogP contribution >= 0.6 is 23.1 Å². The summed E-state index contributed by atoms with van der Waals surface area (Å²) in [5.74, 6) is -0.537. The number of hydrogen-bond donors (Lipinski definition) is 2. The minimum absolute atomic E-state index is 0.00200. The van der Waals surface area contributed by atoms with E-state index in [0.29, 0.717) is 11.4 Å². The maximum Gasteiger partial charge on any atom is 0.258 e. The van der Waals surface area contributed by atoms with Crippen LogP contribution in [0.25, 0.3) is 10.2 Å². The first-order chi connectivity index (χ1) is 14.5. The molecule has 0 radical (unpaired) electrons. The smallest absolute Gasteiger partial charge is 0.258 e. The van der Waals surface area contributed by atoms with Crippen molar-refractivity contribution in [2.75, 3.05) is 44.3 Å². The van der Waals surface area contributed by atoms with E-state index in [1.807, 2.05) is 17.0 Å². The highest BCUT2D eigenvalue weighted by molar-refractivity contribution is 8.01. The molecule has 3 aromatic rings. The first-order valence-corrected chi connectivity index (χ1v) is 11.5. The normalized spacial score (nSPS) is 14.8. The molecule has 0 spiro atoms. The van der Waals surface area contributed by atoms with E-state index in [4.69, 9.17) is 0 Å². The van der Waals surface area contributed by atoms with E-state index in [9.17, 15) is 14.0 Å². The molecule has 6 nitrogen and oxygen atoms in total. The second kappa shape index (κ2) is 9.11. The molecule has 2 heterocycles. The van der Waals surface area contributed by atoms with Crippen molar-refractivity contribution in [2.45, 2.75) is 4.34 Å². The molecule has 1 aliphatic rings. The number of hydrogen-bond acceptors (Lipinski definition) is 5. The summed E-state index contributed by atoms with van der Waals surface area (Å²) in [5, 5.41) is 2.73. The van der Waals surface area contributed by atoms with Crippen LogP contribution in [0.4, 0.5) is 10.1 Å². The number of anilines is 1. The van der Waals surface area contributed by atoms with Gasteiger partial charge in [-0.05, 0) is 30.3 Å². The molecule has 2 N–H and O–H groups in total. The van der Waals surface area contributed by atoms with Gasteiger partial charge in [0, 0.05) is 5.69 Å². The van der Waals surface area contributed by atoms with Crippen LogP contribution in [0.15, 0.2) is 46.8 Å². The van der Waals surface area contributed by atoms with E-state index in [2.05, 4.69) is 17.3 Å². The molecule has 0 saturated carbocycles. The molecule has 1 aliphatic heterocycles. The number of carbonyl (C=O) groups is 2. The van der Waals surface area contributed by atoms with Gasteiger partial charge in [-0.25, -0.2) is 9.37 Å². The third-order valence-electron chi connectivity index (χ3n) is 5.03. The van der Waals surface area contributed by atoms with Gasteiger partial charge < -0.3 is 15.1 Å². The Balaban J connectivity index is 1.39. The van der Waals surface area contributed by atoms with Crippen molar-refractivity contribution in [1.82, 2.24) is 9.88 Å². The van der Waals surface area contributed by atoms with Gasteiger partial charge in [-0.1, -0.05) is 23.9 Å². The molecule has 0 bridgehead atoms. The number of quaternary nitrogens is 1. The van der Waals surface area contributed by atoms with Crippen molar-refractivity contribution in [3.05, 3.63) is 53.8 Å². The summed E-state index contributed by atoms with van der Waals surface area (Å²) >= 11 is 2.92. The van der Waals surface area contributed by atoms with Crippen LogP contribution in [-0.2, 0) is 4.79 Å². The fourth-order valence-corrected chi connectivity index (χ4v) is 5.25. The maximum atomic E-state index is 13.8. The Bertz CT molecular complexity index is 1080. The monoisotopic (exact) mass is 445 g/mol. The lowest BCUT2D eigenvalue weighted by Gasteiger charge is -2.29. The van der Waals surface area contributed by atoms with E-state index in [-0.39, 0.29) is 11.5 Å². The van der Waals surface area contributed by atoms with Gasteiger partial charge >= 0.3 is 0 Å². The van der Waals surface area contributed by atoms with Crippen LogP contribution < -0.4 is 10.2 Å². The number of likely N-dealkylation sites (N-methyl/N-ethyl adjacent to an activating group) is 1. The van der Waals surface area contributed by atoms with Crippen molar-refractivity contribution >= 4 is 50.8 Å². The SMILES string of the molecule is C[NH+]1CCN(C(=O)CSc2nc3ccc(NC(=O)c4ccccc4F)cc3s2)CC1. The van der Waals surface area contributed by atoms with E-state index >= 15 is 0 Å². The van der Waals surface area contributed by atoms with Crippen LogP contribution in [0.3, 0.4) is 0 Å². The van der Waals surface area contributed by atoms with E-state index in [1.54, 1.807) is 18.2 Å². The Labute approximate surface area is 182 Å². The molecule has 1 aromatic heterocycles. The molecule has 0 aliphatic carbocycles. The summed E-state index contributed by atoms with van der Waals surface area (Å²) in [5.41, 5.74) is 1.39. The minimum Gasteiger partial charge on any atom is -0.334 e. The fraction of sp³-hybridized carbons (Fsp3) is 0.286. The van der Waals surface area contributed by atoms with Crippen molar-refractivity contribution in [2.24, 2.45) is 0 Å². The lowest BCUT2D eigenvalue weighted by Crippen LogP contribution is -3.12. The Hall–Kier alpha value is -2.49. The Morgan fingerprint density at radius 1 is 1.23 bits per heavy atom. The van der Waals surface area contributed by atoms with Crippen molar-refractivity contribution in [3.63, 3.8) is 0 Å². The second-order valence-corrected chi connectivity index (χ2v) is 9.48. The molecule has 0 atom stereocenters. The van der Waals surface area contributed by atoms with Gasteiger partial charge in [0.25, 0.3) is 5.91 Å². The van der Waals surface area contributed by atoms with Crippen LogP contribution in [0, 0.1) is 5.82 Å². The van der Waals surface area contributed by atoms with Gasteiger partial charge in [0.2, 0.25) is 5.91 Å². The number of piperazine rings is 1. The topological polar surface area (TPSA) is 66.7 Å². The van der Waals surface area contributed by atoms with Gasteiger partial charge in [-0.3, -0.25) is 9.59 Å². The predicted octanol–water partition coefficient (Wildman–Crippen LogP) is 2.14. The van der Waals surface area contributed by atoms with Gasteiger partial charge in [0.05, 0.1) is 54.8 Å². The minimum atomic E-state index is -0.557. The average molecular weight is 446 g/mol. The van der Waals surface area contributed by atoms with E-state index < -0.39 is 11.7 Å². The Morgan fingerprint density at radius 3 is 2.77 bits per heavy atom. The van der Waals surface area contributed by atoms with Crippen LogP contribution in [0.2, 0.25) is 0 Å². The summed E-state index contributed by atoms with van der Waals surface area (Å²) in [6.07, 6.45) is 0. The number of halogens is 1. The first kappa shape index (κ1) is 20.8. The predicted molar refractivity (Wildman–Crippen MR) is 118 cm³/mol. The van der Waals surface area contributed by atoms with Gasteiger partial charge in [-0.15, -0.1) is 11.3 Å². The van der Waals surface area contributed by atoms with E-state index in [1.165, 1.54) is 40.1 Å². The quantitative estimate of drug-likeness (QED) is 0.591. The highest BCUT2D eigenvalue weighted by Gasteiger charge is 2.21. The summed E-state index contributed by atoms with van der Waals surface area (Å²) in [6.45, 7) is 3.57. The largest absolute Gasteiger partial charge is 0.334 e. The molecule has 1 fully saturated rings. The number of benzene rings is 2. The van der Waals surface area contributed by atoms with Crippen LogP contribution in [0.5, 0.6) is 0 Å². The molecule has 4 rings (SSSR count). The number of amides is 2. The third-order valence-corrected chi connectivity index (χ3v) is 7.18. The number of thiazole rings is 1. The van der Waals surface area contributed by atoms with Gasteiger partial charge in [0.1, 0.15) is 5.82 Å². The van der Waals surface area contributed by atoms with Gasteiger partial charge in [-0.2, -0.15) is 0 Å². The third kappa shape index (κ3) is 4.80. The number of rotatable bonds is 5. The molecular formula is C21H22FN4O2S2+. The molecule has 2 aromatic carbocycles. The molecule has 2 amide bonds. The number of aromatic nitrogens is 1. The molecule has 0 unspecified atom stereocenters. The standard InChI is InChI=1S/C21H21FN4O2S2/c1-25-8-10-26(11-9-25)19(27)13-29-21-24-17-7-6-14(12-18(17)30-21)23-20(28)15-4-2-3-5-16(15)22/h2-7,12H,8-11,13H2,1H3,(H,23,28)/p+1. The first-order valence-electron chi connectivity index (χ1n) is 9.68. The van der Waals surface area contributed by atoms with Crippen molar-refractivity contribution < 1.29 is 18.9 Å². The number of nitrogens with zero attached hydrogens (tertiary/aromatic N) is 2. The lowest BCUT2D eigenvalue weighted by atomic mass is 10.2. The number of fused-ring (bicyclic) bond motifs is 1. The summed E-state index contributed by atoms with van der Waals surface area (Å²) in [6, 6.07) is 11.3. The highest BCUT2D eigenvalue weighted by atomic mass is 32.2. The van der Waals surface area contributed by atoms with E-state index in [0.717, 1.165) is 40.7 Å². The maximum absolute atomic E-state index is 13.8. The average Bonchev–Trinajstić information content (AvgIpc) is 3.15. The molecular weight excluding hydrogens is 423 g/mol. The van der Waals surface area contributed by atoms with Gasteiger partial charge in [0.15, 0.2) is 4.34 Å². The van der Waals surface area contributed by atoms with Crippen molar-refractivity contribution in [1.29, 1.82) is 0 Å². The summed E-state index contributed by atoms with van der Waals surface area (Å²) in [4.78, 5) is 32.7. The Morgan fingerprint density at radius 2 is 2.00 bits per heavy atom. The zero-order chi connectivity index (χ0) is 21.1. The molecule has 9 heteroatoms.